The van der Waals surface area contributed by atoms with Gasteiger partial charge in [-0.25, -0.2) is 0 Å². The zero-order valence-corrected chi connectivity index (χ0v) is 10.1. The summed E-state index contributed by atoms with van der Waals surface area (Å²) < 4.78 is 5.50. The minimum absolute atomic E-state index is 0.352. The van der Waals surface area contributed by atoms with Crippen molar-refractivity contribution in [2.24, 2.45) is 0 Å². The van der Waals surface area contributed by atoms with Gasteiger partial charge in [0.05, 0.1) is 0 Å². The molecule has 1 N–H and O–H groups in total. The minimum atomic E-state index is 0.352. The molecule has 2 aliphatic heterocycles. The van der Waals surface area contributed by atoms with Crippen LogP contribution in [0.15, 0.2) is 12.1 Å². The summed E-state index contributed by atoms with van der Waals surface area (Å²) in [6.45, 7) is 7.31. The third kappa shape index (κ3) is 1.36. The fourth-order valence-electron chi connectivity index (χ4n) is 3.18. The van der Waals surface area contributed by atoms with Crippen LogP contribution in [0.2, 0.25) is 0 Å². The van der Waals surface area contributed by atoms with E-state index < -0.39 is 0 Å². The van der Waals surface area contributed by atoms with Gasteiger partial charge in [-0.1, -0.05) is 17.7 Å². The standard InChI is InChI=1S/C14H19NO/c1-10-7-11(2)13-12(8-10)14(9-15-13)3-5-16-6-4-14/h7-8,15H,3-6,9H2,1-2H3. The molecule has 1 spiro atoms. The van der Waals surface area contributed by atoms with E-state index >= 15 is 0 Å². The maximum Gasteiger partial charge on any atom is 0.0475 e. The molecule has 2 heteroatoms. The quantitative estimate of drug-likeness (QED) is 0.721. The number of hydrogen-bond donors (Lipinski definition) is 1. The lowest BCUT2D eigenvalue weighted by Gasteiger charge is -2.33. The van der Waals surface area contributed by atoms with Gasteiger partial charge in [-0.05, 0) is 37.8 Å². The maximum atomic E-state index is 5.50. The summed E-state index contributed by atoms with van der Waals surface area (Å²) in [6.07, 6.45) is 2.33. The Balaban J connectivity index is 2.10. The average molecular weight is 217 g/mol. The second-order valence-corrected chi connectivity index (χ2v) is 5.25. The molecular weight excluding hydrogens is 198 g/mol. The molecule has 0 aliphatic carbocycles. The molecule has 1 fully saturated rings. The van der Waals surface area contributed by atoms with Gasteiger partial charge in [0.1, 0.15) is 0 Å². The zero-order chi connectivity index (χ0) is 11.2. The molecule has 2 heterocycles. The molecule has 2 nitrogen and oxygen atoms in total. The topological polar surface area (TPSA) is 21.3 Å². The van der Waals surface area contributed by atoms with Crippen LogP contribution in [0.4, 0.5) is 5.69 Å². The van der Waals surface area contributed by atoms with E-state index in [1.54, 1.807) is 0 Å². The molecule has 0 unspecified atom stereocenters. The lowest BCUT2D eigenvalue weighted by molar-refractivity contribution is 0.0567. The molecule has 0 amide bonds. The Kier molecular flexibility index (Phi) is 2.21. The van der Waals surface area contributed by atoms with Crippen molar-refractivity contribution in [1.82, 2.24) is 0 Å². The molecule has 86 valence electrons. The van der Waals surface area contributed by atoms with Gasteiger partial charge in [-0.15, -0.1) is 0 Å². The number of nitrogens with one attached hydrogen (secondary N) is 1. The average Bonchev–Trinajstić information content (AvgIpc) is 2.59. The molecule has 0 aromatic heterocycles. The first-order valence-electron chi connectivity index (χ1n) is 6.15. The number of ether oxygens (including phenoxy) is 1. The van der Waals surface area contributed by atoms with E-state index in [1.165, 1.54) is 22.4 Å². The van der Waals surface area contributed by atoms with Crippen LogP contribution in [0.1, 0.15) is 29.5 Å². The van der Waals surface area contributed by atoms with Crippen molar-refractivity contribution in [2.45, 2.75) is 32.1 Å². The van der Waals surface area contributed by atoms with E-state index in [0.717, 1.165) is 32.6 Å². The fourth-order valence-corrected chi connectivity index (χ4v) is 3.18. The van der Waals surface area contributed by atoms with Crippen LogP contribution in [-0.4, -0.2) is 19.8 Å². The Hall–Kier alpha value is -1.02. The molecule has 3 rings (SSSR count). The van der Waals surface area contributed by atoms with Crippen molar-refractivity contribution in [1.29, 1.82) is 0 Å². The zero-order valence-electron chi connectivity index (χ0n) is 10.1. The van der Waals surface area contributed by atoms with Crippen LogP contribution in [-0.2, 0) is 10.2 Å². The largest absolute Gasteiger partial charge is 0.384 e. The van der Waals surface area contributed by atoms with E-state index in [0.29, 0.717) is 5.41 Å². The van der Waals surface area contributed by atoms with Gasteiger partial charge in [0.15, 0.2) is 0 Å². The van der Waals surface area contributed by atoms with Crippen LogP contribution < -0.4 is 5.32 Å². The summed E-state index contributed by atoms with van der Waals surface area (Å²) in [4.78, 5) is 0. The first-order chi connectivity index (χ1) is 7.71. The maximum absolute atomic E-state index is 5.50. The highest BCUT2D eigenvalue weighted by molar-refractivity contribution is 5.66. The van der Waals surface area contributed by atoms with Gasteiger partial charge >= 0.3 is 0 Å². The van der Waals surface area contributed by atoms with Gasteiger partial charge in [-0.3, -0.25) is 0 Å². The lowest BCUT2D eigenvalue weighted by atomic mass is 9.75. The summed E-state index contributed by atoms with van der Waals surface area (Å²) in [5.41, 5.74) is 6.04. The third-order valence-corrected chi connectivity index (χ3v) is 4.10. The number of rotatable bonds is 0. The first kappa shape index (κ1) is 10.2. The Morgan fingerprint density at radius 2 is 1.94 bits per heavy atom. The Morgan fingerprint density at radius 1 is 1.19 bits per heavy atom. The smallest absolute Gasteiger partial charge is 0.0475 e. The van der Waals surface area contributed by atoms with Crippen molar-refractivity contribution in [3.8, 4) is 0 Å². The van der Waals surface area contributed by atoms with Crippen LogP contribution in [0.25, 0.3) is 0 Å². The molecule has 16 heavy (non-hydrogen) atoms. The van der Waals surface area contributed by atoms with E-state index in [1.807, 2.05) is 0 Å². The molecule has 0 saturated carbocycles. The predicted molar refractivity (Wildman–Crippen MR) is 66.1 cm³/mol. The summed E-state index contributed by atoms with van der Waals surface area (Å²) in [6, 6.07) is 4.64. The second kappa shape index (κ2) is 3.49. The Labute approximate surface area is 97.0 Å². The molecular formula is C14H19NO. The van der Waals surface area contributed by atoms with E-state index in [2.05, 4.69) is 31.3 Å². The van der Waals surface area contributed by atoms with Gasteiger partial charge in [0.25, 0.3) is 0 Å². The van der Waals surface area contributed by atoms with Crippen molar-refractivity contribution in [3.63, 3.8) is 0 Å². The minimum Gasteiger partial charge on any atom is -0.384 e. The number of hydrogen-bond acceptors (Lipinski definition) is 2. The predicted octanol–water partition coefficient (Wildman–Crippen LogP) is 2.78. The molecule has 0 radical (unpaired) electrons. The van der Waals surface area contributed by atoms with Crippen LogP contribution in [0, 0.1) is 13.8 Å². The normalized spacial score (nSPS) is 21.9. The van der Waals surface area contributed by atoms with Crippen molar-refractivity contribution >= 4 is 5.69 Å². The number of anilines is 1. The number of fused-ring (bicyclic) bond motifs is 2. The molecule has 2 aliphatic rings. The van der Waals surface area contributed by atoms with Gasteiger partial charge < -0.3 is 10.1 Å². The monoisotopic (exact) mass is 217 g/mol. The summed E-state index contributed by atoms with van der Waals surface area (Å²) in [5.74, 6) is 0. The summed E-state index contributed by atoms with van der Waals surface area (Å²) in [5, 5.41) is 3.60. The molecule has 1 saturated heterocycles. The van der Waals surface area contributed by atoms with Gasteiger partial charge in [0.2, 0.25) is 0 Å². The summed E-state index contributed by atoms with van der Waals surface area (Å²) in [7, 11) is 0. The van der Waals surface area contributed by atoms with Crippen LogP contribution in [0.5, 0.6) is 0 Å². The van der Waals surface area contributed by atoms with Crippen LogP contribution in [0.3, 0.4) is 0 Å². The van der Waals surface area contributed by atoms with E-state index in [-0.39, 0.29) is 0 Å². The molecule has 1 aromatic carbocycles. The SMILES string of the molecule is Cc1cc(C)c2c(c1)C1(CCOCC1)CN2. The van der Waals surface area contributed by atoms with Crippen molar-refractivity contribution in [2.75, 3.05) is 25.1 Å². The summed E-state index contributed by atoms with van der Waals surface area (Å²) >= 11 is 0. The number of benzene rings is 1. The third-order valence-electron chi connectivity index (χ3n) is 4.10. The lowest BCUT2D eigenvalue weighted by Crippen LogP contribution is -2.35. The second-order valence-electron chi connectivity index (χ2n) is 5.25. The highest BCUT2D eigenvalue weighted by atomic mass is 16.5. The molecule has 1 aromatic rings. The highest BCUT2D eigenvalue weighted by Crippen LogP contribution is 2.45. The highest BCUT2D eigenvalue weighted by Gasteiger charge is 2.40. The van der Waals surface area contributed by atoms with Crippen molar-refractivity contribution in [3.05, 3.63) is 28.8 Å². The first-order valence-corrected chi connectivity index (χ1v) is 6.15. The van der Waals surface area contributed by atoms with Gasteiger partial charge in [0, 0.05) is 30.9 Å². The number of aryl methyl sites for hydroxylation is 2. The van der Waals surface area contributed by atoms with Crippen LogP contribution >= 0.6 is 0 Å². The van der Waals surface area contributed by atoms with E-state index in [9.17, 15) is 0 Å². The van der Waals surface area contributed by atoms with Gasteiger partial charge in [-0.2, -0.15) is 0 Å². The Bertz CT molecular complexity index is 419. The van der Waals surface area contributed by atoms with Crippen molar-refractivity contribution < 1.29 is 4.74 Å². The molecule has 0 atom stereocenters. The Morgan fingerprint density at radius 3 is 2.69 bits per heavy atom. The molecule has 0 bridgehead atoms. The van der Waals surface area contributed by atoms with E-state index in [4.69, 9.17) is 4.74 Å². The fraction of sp³-hybridized carbons (Fsp3) is 0.571.